The van der Waals surface area contributed by atoms with Crippen LogP contribution in [0, 0.1) is 653 Å². The summed E-state index contributed by atoms with van der Waals surface area (Å²) in [6.07, 6.45) is 4.95. The van der Waals surface area contributed by atoms with Crippen LogP contribution in [0.2, 0.25) is 5.02 Å². The molecule has 1 heterocycles. The van der Waals surface area contributed by atoms with Crippen molar-refractivity contribution in [3.8, 4) is 634 Å². The molecule has 0 aliphatic carbocycles. The van der Waals surface area contributed by atoms with Crippen LogP contribution in [0.15, 0.2) is 42.5 Å². The molecule has 560 valence electrons. The number of nitrogens with zero attached hydrogens (tertiary/aromatic N) is 4. The van der Waals surface area contributed by atoms with E-state index in [1.54, 1.807) is 24.3 Å². The highest BCUT2D eigenvalue weighted by Crippen LogP contribution is 2.38. The molecule has 0 atom stereocenters. The van der Waals surface area contributed by atoms with Gasteiger partial charge in [0.2, 0.25) is 5.69 Å². The van der Waals surface area contributed by atoms with Crippen LogP contribution in [-0.2, 0) is 4.79 Å². The van der Waals surface area contributed by atoms with Crippen molar-refractivity contribution in [1.29, 1.82) is 5.26 Å². The quantitative estimate of drug-likeness (QED) is 0.229. The van der Waals surface area contributed by atoms with E-state index in [0.29, 0.717) is 21.5 Å². The Balaban J connectivity index is 0.00000202. The van der Waals surface area contributed by atoms with E-state index in [1.165, 1.54) is 4.90 Å². The Morgan fingerprint density at radius 1 is 0.271 bits per heavy atom. The largest absolute Gasteiger partial charge is 0.304 e. The number of benzene rings is 2. The standard InChI is InChI=1S/C107HN.C19H16ClN3OS/c1-2-3-4-5-6-7-8-9-10-11-12-13-14-15-16-17-18-19-20-21-22-23-24-25-26-27-28-29-30-31-32-33-34-35-36-37-38-39-40-41-42-43-44-45-46-47-48-49-50-51-52-53-54-55-56-57-58-59-60-61-62-63-64-65-66-67-68-69-70-71-72-73-74-75-76-77-78-79-80-81-82-83-84-85-86-87-88-89-90-91-92-93-94-95-96-97-98-99-100-101-102-103-104-105-106-107-108;1-12-5-7-13(8-6-12)23-18(25)22(17(24)19(23,2)3)14-9-10-16(21-4)15(20)11-14/h1H;5-11H,1-3H3. The van der Waals surface area contributed by atoms with Gasteiger partial charge < -0.3 is 4.90 Å². The Labute approximate surface area is 790 Å². The number of amides is 1. The van der Waals surface area contributed by atoms with Gasteiger partial charge in [-0.15, -0.1) is 6.42 Å². The number of hydrogen-bond donors (Lipinski definition) is 0. The van der Waals surface area contributed by atoms with Crippen LogP contribution < -0.4 is 9.80 Å². The average molecular weight is 1670 g/mol. The molecule has 0 N–H and O–H groups in total. The van der Waals surface area contributed by atoms with Crippen LogP contribution in [0.1, 0.15) is 19.4 Å². The zero-order chi connectivity index (χ0) is 95.3. The molecule has 1 amide bonds. The number of carbonyl (C=O) groups excluding carboxylic acids is 1. The Kier molecular flexibility index (Phi) is 61.5. The third-order valence-electron chi connectivity index (χ3n) is 10.8. The minimum atomic E-state index is -0.822. The Bertz CT molecular complexity index is 8830. The number of carbonyl (C=O) groups is 1. The Morgan fingerprint density at radius 2 is 0.421 bits per heavy atom. The first-order valence-electron chi connectivity index (χ1n) is 34.5. The first kappa shape index (κ1) is 103. The lowest BCUT2D eigenvalue weighted by Gasteiger charge is -2.29. The zero-order valence-electron chi connectivity index (χ0n) is 68.1. The minimum Gasteiger partial charge on any atom is -0.304 e. The lowest BCUT2D eigenvalue weighted by Crippen LogP contribution is -2.44. The second-order valence-corrected chi connectivity index (χ2v) is 20.4. The fourth-order valence-corrected chi connectivity index (χ4v) is 6.87. The SMILES string of the molecule is C#CC#CC#CC#CC#CC#CC#CC#CC#CC#CC#CC#CC#CC#CC#CC#CC#CC#CC#CC#CC#CC#CC#CC#CC#CC#CC#CC#CC#CC#CC#CC#CC#CC#CC#CC#CC#CC#CC#CC#CC#CC#CC#CC#CC#CC#CC#CC#CC#CC#CC#CC#CC#CC#N.[C-]#[N+]c1ccc(N2C(=O)C(C)(C)N(c3ccc(C)cc3)C2=S)cc1Cl. The van der Waals surface area contributed by atoms with Gasteiger partial charge in [-0.2, -0.15) is 5.26 Å². The molecule has 0 unspecified atom stereocenters. The molecule has 2 aromatic rings. The number of anilines is 2. The summed E-state index contributed by atoms with van der Waals surface area (Å²) in [6.45, 7) is 12.8. The monoisotopic (exact) mass is 1670 g/mol. The predicted octanol–water partition coefficient (Wildman–Crippen LogP) is 5.44. The summed E-state index contributed by atoms with van der Waals surface area (Å²) in [4.78, 5) is 19.7. The normalized spacial score (nSPS) is 6.26. The molecule has 0 aromatic heterocycles. The van der Waals surface area contributed by atoms with Gasteiger partial charge in [-0.05, 0) is 105 Å². The van der Waals surface area contributed by atoms with Gasteiger partial charge >= 0.3 is 0 Å². The van der Waals surface area contributed by atoms with Crippen LogP contribution in [0.25, 0.3) is 4.85 Å². The second-order valence-electron chi connectivity index (χ2n) is 19.7. The van der Waals surface area contributed by atoms with E-state index < -0.39 is 5.54 Å². The Morgan fingerprint density at radius 3 is 0.564 bits per heavy atom. The van der Waals surface area contributed by atoms with Crippen molar-refractivity contribution in [2.75, 3.05) is 9.80 Å². The van der Waals surface area contributed by atoms with Crippen LogP contribution in [-0.4, -0.2) is 16.6 Å². The highest BCUT2D eigenvalue weighted by molar-refractivity contribution is 7.81. The van der Waals surface area contributed by atoms with Gasteiger partial charge in [0.05, 0.1) is 12.3 Å². The lowest BCUT2D eigenvalue weighted by molar-refractivity contribution is -0.120. The molecule has 0 radical (unpaired) electrons. The summed E-state index contributed by atoms with van der Waals surface area (Å²) in [6, 6.07) is 14.4. The van der Waals surface area contributed by atoms with Crippen molar-refractivity contribution >= 4 is 51.9 Å². The first-order valence-corrected chi connectivity index (χ1v) is 35.2. The maximum Gasteiger partial charge on any atom is 0.259 e. The van der Waals surface area contributed by atoms with Crippen molar-refractivity contribution in [1.82, 2.24) is 0 Å². The highest BCUT2D eigenvalue weighted by Gasteiger charge is 2.50. The van der Waals surface area contributed by atoms with E-state index in [2.05, 4.69) is 626 Å². The van der Waals surface area contributed by atoms with Gasteiger partial charge in [0.25, 0.3) is 5.91 Å². The summed E-state index contributed by atoms with van der Waals surface area (Å²) >= 11 is 11.8. The molecule has 2 aromatic carbocycles. The number of terminal acetylenes is 1. The average Bonchev–Trinajstić information content (AvgIpc) is 1.59. The van der Waals surface area contributed by atoms with E-state index >= 15 is 0 Å². The highest BCUT2D eigenvalue weighted by atomic mass is 35.5. The molecule has 3 rings (SSSR count). The van der Waals surface area contributed by atoms with Crippen molar-refractivity contribution in [2.24, 2.45) is 0 Å². The molecule has 0 bridgehead atoms. The van der Waals surface area contributed by atoms with E-state index in [1.807, 2.05) is 49.9 Å². The summed E-state index contributed by atoms with van der Waals surface area (Å²) < 4.78 is 0. The summed E-state index contributed by atoms with van der Waals surface area (Å²) in [5, 5.41) is 8.92. The molecule has 5 nitrogen and oxygen atoms in total. The molecule has 133 heavy (non-hydrogen) atoms. The second kappa shape index (κ2) is 79.6. The smallest absolute Gasteiger partial charge is 0.259 e. The summed E-state index contributed by atoms with van der Waals surface area (Å²) in [5.41, 5.74) is 2.08. The van der Waals surface area contributed by atoms with Gasteiger partial charge in [0, 0.05) is 585 Å². The van der Waals surface area contributed by atoms with Gasteiger partial charge in [0.15, 0.2) is 11.2 Å². The van der Waals surface area contributed by atoms with Crippen LogP contribution in [0.3, 0.4) is 0 Å². The zero-order valence-corrected chi connectivity index (χ0v) is 69.7. The minimum absolute atomic E-state index is 0.135. The Hall–Kier alpha value is -26.2. The third kappa shape index (κ3) is 61.8. The van der Waals surface area contributed by atoms with Gasteiger partial charge in [-0.1, -0.05) is 35.4 Å². The number of rotatable bonds is 2. The van der Waals surface area contributed by atoms with Crippen molar-refractivity contribution < 1.29 is 4.79 Å². The molecule has 1 saturated heterocycles. The van der Waals surface area contributed by atoms with Crippen LogP contribution >= 0.6 is 23.8 Å². The molecule has 0 spiro atoms. The topological polar surface area (TPSA) is 51.7 Å². The summed E-state index contributed by atoms with van der Waals surface area (Å²) in [7, 11) is 0. The number of aryl methyl sites for hydroxylation is 1. The van der Waals surface area contributed by atoms with Gasteiger partial charge in [-0.3, -0.25) is 9.69 Å². The van der Waals surface area contributed by atoms with Gasteiger partial charge in [0.1, 0.15) is 5.54 Å². The third-order valence-corrected chi connectivity index (χ3v) is 11.5. The molecule has 7 heteroatoms. The molecule has 1 aliphatic rings. The van der Waals surface area contributed by atoms with E-state index in [9.17, 15) is 4.79 Å². The predicted molar refractivity (Wildman–Crippen MR) is 524 cm³/mol. The van der Waals surface area contributed by atoms with E-state index in [-0.39, 0.29) is 5.91 Å². The van der Waals surface area contributed by atoms with Crippen molar-refractivity contribution in [3.63, 3.8) is 0 Å². The van der Waals surface area contributed by atoms with Gasteiger partial charge in [-0.25, -0.2) is 4.85 Å². The van der Waals surface area contributed by atoms with Crippen LogP contribution in [0.5, 0.6) is 0 Å². The molecule has 0 saturated carbocycles. The number of thiocarbonyl (C=S) groups is 1. The van der Waals surface area contributed by atoms with E-state index in [4.69, 9.17) is 42.1 Å². The molecular formula is C126H17ClN4OS. The number of halogens is 1. The molecular weight excluding hydrogens is 1650 g/mol. The van der Waals surface area contributed by atoms with E-state index in [0.717, 1.165) is 11.3 Å². The maximum absolute atomic E-state index is 13.0. The molecule has 1 aliphatic heterocycles. The van der Waals surface area contributed by atoms with Crippen molar-refractivity contribution in [2.45, 2.75) is 26.3 Å². The number of nitriles is 1. The summed E-state index contributed by atoms with van der Waals surface area (Å²) in [5.74, 6) is 260. The fraction of sp³-hybridized carbons (Fsp3) is 0.0317. The number of hydrogen-bond acceptors (Lipinski definition) is 3. The first-order chi connectivity index (χ1) is 65.7. The maximum atomic E-state index is 13.0. The van der Waals surface area contributed by atoms with Crippen molar-refractivity contribution in [3.05, 3.63) is 64.5 Å². The van der Waals surface area contributed by atoms with Crippen LogP contribution in [0.4, 0.5) is 17.1 Å². The fourth-order valence-electron chi connectivity index (χ4n) is 6.13. The molecule has 1 fully saturated rings. The lowest BCUT2D eigenvalue weighted by atomic mass is 10.0.